The fraction of sp³-hybridized carbons (Fsp3) is 0.333. The maximum Gasteiger partial charge on any atom is 0.148 e. The predicted molar refractivity (Wildman–Crippen MR) is 59.6 cm³/mol. The van der Waals surface area contributed by atoms with E-state index in [4.69, 9.17) is 5.73 Å². The third-order valence-electron chi connectivity index (χ3n) is 2.05. The monoisotopic (exact) mass is 219 g/mol. The quantitative estimate of drug-likeness (QED) is 0.621. The number of nitrogens with one attached hydrogen (secondary N) is 2. The van der Waals surface area contributed by atoms with E-state index in [0.29, 0.717) is 5.82 Å². The van der Waals surface area contributed by atoms with Gasteiger partial charge in [0.05, 0.1) is 0 Å². The Morgan fingerprint density at radius 2 is 2.25 bits per heavy atom. The van der Waals surface area contributed by atoms with Crippen LogP contribution in [0.2, 0.25) is 0 Å². The summed E-state index contributed by atoms with van der Waals surface area (Å²) in [6.45, 7) is 0.805. The molecule has 2 rings (SSSR count). The largest absolute Gasteiger partial charge is 0.382 e. The third kappa shape index (κ3) is 2.91. The average Bonchev–Trinajstić information content (AvgIpc) is 2.80. The standard InChI is InChI=1S/C9H13N7/c10-7-3-4-9(16-14-7)11-5-1-2-8-12-6-13-15-8/h3-4,6H,1-2,5H2,(H2,10,14)(H,11,16)(H,12,13,15). The minimum atomic E-state index is 0.423. The molecule has 0 atom stereocenters. The van der Waals surface area contributed by atoms with Gasteiger partial charge in [-0.3, -0.25) is 5.10 Å². The molecule has 0 amide bonds. The Balaban J connectivity index is 1.70. The van der Waals surface area contributed by atoms with Crippen molar-refractivity contribution in [1.82, 2.24) is 25.4 Å². The van der Waals surface area contributed by atoms with Crippen molar-refractivity contribution in [3.8, 4) is 0 Å². The number of hydrogen-bond acceptors (Lipinski definition) is 6. The van der Waals surface area contributed by atoms with Crippen LogP contribution in [0.1, 0.15) is 12.2 Å². The number of anilines is 2. The molecule has 2 heterocycles. The molecule has 2 aromatic heterocycles. The Labute approximate surface area is 92.5 Å². The molecule has 0 aliphatic heterocycles. The summed E-state index contributed by atoms with van der Waals surface area (Å²) in [6.07, 6.45) is 3.31. The van der Waals surface area contributed by atoms with E-state index in [9.17, 15) is 0 Å². The van der Waals surface area contributed by atoms with E-state index in [1.54, 1.807) is 12.1 Å². The fourth-order valence-corrected chi connectivity index (χ4v) is 1.26. The molecule has 0 saturated carbocycles. The molecule has 0 bridgehead atoms. The highest BCUT2D eigenvalue weighted by Gasteiger charge is 1.97. The lowest BCUT2D eigenvalue weighted by atomic mass is 10.3. The van der Waals surface area contributed by atoms with Crippen LogP contribution in [0.5, 0.6) is 0 Å². The molecule has 16 heavy (non-hydrogen) atoms. The molecule has 0 spiro atoms. The smallest absolute Gasteiger partial charge is 0.148 e. The van der Waals surface area contributed by atoms with Crippen molar-refractivity contribution < 1.29 is 0 Å². The Hall–Kier alpha value is -2.18. The van der Waals surface area contributed by atoms with Crippen molar-refractivity contribution in [2.75, 3.05) is 17.6 Å². The van der Waals surface area contributed by atoms with Gasteiger partial charge < -0.3 is 11.1 Å². The maximum atomic E-state index is 5.42. The van der Waals surface area contributed by atoms with Crippen molar-refractivity contribution in [3.05, 3.63) is 24.3 Å². The van der Waals surface area contributed by atoms with Gasteiger partial charge in [-0.15, -0.1) is 10.2 Å². The van der Waals surface area contributed by atoms with Crippen LogP contribution < -0.4 is 11.1 Å². The van der Waals surface area contributed by atoms with Crippen LogP contribution in [0.4, 0.5) is 11.6 Å². The van der Waals surface area contributed by atoms with Crippen LogP contribution in [0.25, 0.3) is 0 Å². The Kier molecular flexibility index (Phi) is 3.27. The van der Waals surface area contributed by atoms with Crippen molar-refractivity contribution in [2.45, 2.75) is 12.8 Å². The molecular weight excluding hydrogens is 206 g/mol. The summed E-state index contributed by atoms with van der Waals surface area (Å²) in [6, 6.07) is 3.52. The number of nitrogen functional groups attached to an aromatic ring is 1. The number of nitrogens with two attached hydrogens (primary N) is 1. The van der Waals surface area contributed by atoms with Gasteiger partial charge in [0.25, 0.3) is 0 Å². The van der Waals surface area contributed by atoms with Crippen LogP contribution in [-0.4, -0.2) is 31.9 Å². The van der Waals surface area contributed by atoms with Gasteiger partial charge in [0.1, 0.15) is 23.8 Å². The molecule has 7 heteroatoms. The van der Waals surface area contributed by atoms with Gasteiger partial charge in [-0.25, -0.2) is 4.98 Å². The van der Waals surface area contributed by atoms with Crippen molar-refractivity contribution in [1.29, 1.82) is 0 Å². The third-order valence-corrected chi connectivity index (χ3v) is 2.05. The molecule has 0 radical (unpaired) electrons. The summed E-state index contributed by atoms with van der Waals surface area (Å²) < 4.78 is 0. The van der Waals surface area contributed by atoms with E-state index >= 15 is 0 Å². The van der Waals surface area contributed by atoms with Gasteiger partial charge in [0.15, 0.2) is 0 Å². The van der Waals surface area contributed by atoms with Crippen molar-refractivity contribution >= 4 is 11.6 Å². The molecule has 84 valence electrons. The first-order valence-electron chi connectivity index (χ1n) is 5.02. The summed E-state index contributed by atoms with van der Waals surface area (Å²) >= 11 is 0. The zero-order valence-corrected chi connectivity index (χ0v) is 8.72. The number of aromatic nitrogens is 5. The summed E-state index contributed by atoms with van der Waals surface area (Å²) in [7, 11) is 0. The number of aryl methyl sites for hydroxylation is 1. The van der Waals surface area contributed by atoms with Crippen LogP contribution in [0.3, 0.4) is 0 Å². The zero-order chi connectivity index (χ0) is 11.2. The lowest BCUT2D eigenvalue weighted by molar-refractivity contribution is 0.801. The first-order chi connectivity index (χ1) is 7.84. The zero-order valence-electron chi connectivity index (χ0n) is 8.72. The fourth-order valence-electron chi connectivity index (χ4n) is 1.26. The number of nitrogens with zero attached hydrogens (tertiary/aromatic N) is 4. The highest BCUT2D eigenvalue weighted by Crippen LogP contribution is 2.02. The normalized spacial score (nSPS) is 10.2. The average molecular weight is 219 g/mol. The summed E-state index contributed by atoms with van der Waals surface area (Å²) in [5.74, 6) is 2.05. The second kappa shape index (κ2) is 5.06. The predicted octanol–water partition coefficient (Wildman–Crippen LogP) is 0.222. The summed E-state index contributed by atoms with van der Waals surface area (Å²) in [4.78, 5) is 4.03. The summed E-state index contributed by atoms with van der Waals surface area (Å²) in [5, 5.41) is 17.4. The van der Waals surface area contributed by atoms with Crippen LogP contribution in [0, 0.1) is 0 Å². The van der Waals surface area contributed by atoms with Gasteiger partial charge in [-0.05, 0) is 18.6 Å². The SMILES string of the molecule is Nc1ccc(NCCCc2ncn[nH]2)nn1. The Morgan fingerprint density at radius 1 is 1.31 bits per heavy atom. The molecule has 7 nitrogen and oxygen atoms in total. The van der Waals surface area contributed by atoms with Crippen molar-refractivity contribution in [3.63, 3.8) is 0 Å². The molecular formula is C9H13N7. The Morgan fingerprint density at radius 3 is 2.94 bits per heavy atom. The molecule has 0 aliphatic rings. The van der Waals surface area contributed by atoms with Crippen molar-refractivity contribution in [2.24, 2.45) is 0 Å². The molecule has 2 aromatic rings. The number of aromatic amines is 1. The molecule has 0 aliphatic carbocycles. The molecule has 0 aromatic carbocycles. The van der Waals surface area contributed by atoms with E-state index in [-0.39, 0.29) is 0 Å². The molecule has 0 saturated heterocycles. The maximum absolute atomic E-state index is 5.42. The minimum absolute atomic E-state index is 0.423. The molecule has 4 N–H and O–H groups in total. The topological polar surface area (TPSA) is 105 Å². The van der Waals surface area contributed by atoms with Gasteiger partial charge >= 0.3 is 0 Å². The van der Waals surface area contributed by atoms with E-state index in [1.807, 2.05) is 0 Å². The summed E-state index contributed by atoms with van der Waals surface area (Å²) in [5.41, 5.74) is 5.42. The Bertz CT molecular complexity index is 408. The van der Waals surface area contributed by atoms with E-state index in [2.05, 4.69) is 30.7 Å². The van der Waals surface area contributed by atoms with Crippen LogP contribution >= 0.6 is 0 Å². The van der Waals surface area contributed by atoms with Gasteiger partial charge in [-0.1, -0.05) is 0 Å². The van der Waals surface area contributed by atoms with Crippen LogP contribution in [0.15, 0.2) is 18.5 Å². The minimum Gasteiger partial charge on any atom is -0.382 e. The number of hydrogen-bond donors (Lipinski definition) is 3. The first-order valence-corrected chi connectivity index (χ1v) is 5.02. The molecule has 0 unspecified atom stereocenters. The number of H-pyrrole nitrogens is 1. The van der Waals surface area contributed by atoms with E-state index in [0.717, 1.165) is 31.0 Å². The first kappa shape index (κ1) is 10.3. The lowest BCUT2D eigenvalue weighted by Gasteiger charge is -2.03. The lowest BCUT2D eigenvalue weighted by Crippen LogP contribution is -2.06. The van der Waals surface area contributed by atoms with Crippen LogP contribution in [-0.2, 0) is 6.42 Å². The van der Waals surface area contributed by atoms with Gasteiger partial charge in [0, 0.05) is 13.0 Å². The molecule has 0 fully saturated rings. The van der Waals surface area contributed by atoms with Gasteiger partial charge in [0.2, 0.25) is 0 Å². The van der Waals surface area contributed by atoms with E-state index in [1.165, 1.54) is 6.33 Å². The number of rotatable bonds is 5. The second-order valence-corrected chi connectivity index (χ2v) is 3.31. The second-order valence-electron chi connectivity index (χ2n) is 3.31. The highest BCUT2D eigenvalue weighted by molar-refractivity contribution is 5.38. The van der Waals surface area contributed by atoms with Gasteiger partial charge in [-0.2, -0.15) is 5.10 Å². The van der Waals surface area contributed by atoms with E-state index < -0.39 is 0 Å². The highest BCUT2D eigenvalue weighted by atomic mass is 15.2.